The van der Waals surface area contributed by atoms with Crippen LogP contribution < -0.4 is 0 Å². The molecule has 0 heterocycles. The zero-order chi connectivity index (χ0) is 42.3. The molecule has 4 atom stereocenters. The molecule has 14 aliphatic carbocycles. The zero-order valence-corrected chi connectivity index (χ0v) is 42.3. The molecule has 0 aliphatic heterocycles. The van der Waals surface area contributed by atoms with Crippen molar-refractivity contribution in [2.24, 2.45) is 71.0 Å². The van der Waals surface area contributed by atoms with Crippen LogP contribution in [0.4, 0.5) is 0 Å². The van der Waals surface area contributed by atoms with Crippen molar-refractivity contribution in [2.75, 3.05) is 0 Å². The van der Waals surface area contributed by atoms with Crippen molar-refractivity contribution < 1.29 is 0 Å². The Hall–Kier alpha value is 0. The number of hydrogen-bond donors (Lipinski definition) is 0. The monoisotopic (exact) mass is 799 g/mol. The Morgan fingerprint density at radius 1 is 0.158 bits per heavy atom. The van der Waals surface area contributed by atoms with Crippen LogP contribution in [-0.4, -0.2) is 0 Å². The molecule has 0 heteroatoms. The van der Waals surface area contributed by atoms with Gasteiger partial charge in [0.2, 0.25) is 0 Å². The van der Waals surface area contributed by atoms with Gasteiger partial charge in [-0.25, -0.2) is 0 Å². The first-order valence-corrected chi connectivity index (χ1v) is 28.2. The molecule has 0 aromatic carbocycles. The smallest absolute Gasteiger partial charge is 0.0383 e. The van der Waals surface area contributed by atoms with Gasteiger partial charge < -0.3 is 0 Å². The molecule has 0 saturated heterocycles. The van der Waals surface area contributed by atoms with Crippen molar-refractivity contribution in [3.05, 3.63) is 0 Å². The average molecular weight is 800 g/mol. The summed E-state index contributed by atoms with van der Waals surface area (Å²) in [5.74, 6) is 14.1. The van der Waals surface area contributed by atoms with Crippen LogP contribution in [-0.2, 0) is 0 Å². The maximum atomic E-state index is 2.00. The normalized spacial score (nSPS) is 37.3. The summed E-state index contributed by atoms with van der Waals surface area (Å²) in [5.41, 5.74) is 0. The van der Waals surface area contributed by atoms with Crippen LogP contribution in [0.2, 0.25) is 0 Å². The largest absolute Gasteiger partial charge is 0.0683 e. The minimum atomic E-state index is 1.15. The van der Waals surface area contributed by atoms with Crippen molar-refractivity contribution in [1.29, 1.82) is 0 Å². The Morgan fingerprint density at radius 2 is 0.368 bits per heavy atom. The minimum Gasteiger partial charge on any atom is -0.0683 e. The predicted molar refractivity (Wildman–Crippen MR) is 262 cm³/mol. The van der Waals surface area contributed by atoms with Crippen LogP contribution in [0, 0.1) is 71.0 Å². The Morgan fingerprint density at radius 3 is 0.579 bits per heavy atom. The highest BCUT2D eigenvalue weighted by molar-refractivity contribution is 4.89. The first kappa shape index (κ1) is 55.0. The summed E-state index contributed by atoms with van der Waals surface area (Å²) in [6.07, 6.45) is 51.4. The Bertz CT molecular complexity index is 713. The SMILES string of the molecule is C1CC2CC(C1)C2.C1CC2CCC(C1)C2.C1CC2CCC1C2.C1CC2CCC1CC2.C1CC2CCCC2C1.C1CCC2CC2C1.CC.CC.CC.CC.CC.CC. The number of rotatable bonds is 0. The molecule has 8 bridgehead atoms. The molecule has 0 spiro atoms. The molecular weight excluding hydrogens is 685 g/mol. The lowest BCUT2D eigenvalue weighted by Gasteiger charge is -2.40. The fourth-order valence-electron chi connectivity index (χ4n) is 13.2. The maximum Gasteiger partial charge on any atom is -0.0383 e. The Kier molecular flexibility index (Phi) is 34.3. The summed E-state index contributed by atoms with van der Waals surface area (Å²) in [7, 11) is 0. The van der Waals surface area contributed by atoms with Gasteiger partial charge in [0.15, 0.2) is 0 Å². The third kappa shape index (κ3) is 21.6. The molecule has 0 N–H and O–H groups in total. The average Bonchev–Trinajstić information content (AvgIpc) is 3.90. The van der Waals surface area contributed by atoms with Gasteiger partial charge in [0.25, 0.3) is 0 Å². The van der Waals surface area contributed by atoms with Gasteiger partial charge >= 0.3 is 0 Å². The van der Waals surface area contributed by atoms with Crippen molar-refractivity contribution in [2.45, 2.75) is 295 Å². The van der Waals surface area contributed by atoms with Gasteiger partial charge in [-0.1, -0.05) is 263 Å². The molecule has 0 amide bonds. The van der Waals surface area contributed by atoms with Crippen molar-refractivity contribution in [1.82, 2.24) is 0 Å². The van der Waals surface area contributed by atoms with Crippen LogP contribution in [0.15, 0.2) is 0 Å². The van der Waals surface area contributed by atoms with Crippen LogP contribution in [0.1, 0.15) is 295 Å². The summed E-state index contributed by atoms with van der Waals surface area (Å²) in [6.45, 7) is 24.0. The van der Waals surface area contributed by atoms with E-state index in [1.165, 1.54) is 85.9 Å². The Balaban J connectivity index is 0.000000325. The van der Waals surface area contributed by atoms with Crippen molar-refractivity contribution in [3.63, 3.8) is 0 Å². The second-order valence-electron chi connectivity index (χ2n) is 19.6. The van der Waals surface area contributed by atoms with Crippen LogP contribution in [0.5, 0.6) is 0 Å². The predicted octanol–water partition coefficient (Wildman–Crippen LogP) is 20.5. The van der Waals surface area contributed by atoms with E-state index in [0.717, 1.165) is 23.7 Å². The molecule has 0 nitrogen and oxygen atoms in total. The van der Waals surface area contributed by atoms with Gasteiger partial charge in [-0.3, -0.25) is 0 Å². The van der Waals surface area contributed by atoms with Crippen LogP contribution in [0.3, 0.4) is 0 Å². The van der Waals surface area contributed by atoms with Gasteiger partial charge in [-0.05, 0) is 103 Å². The lowest BCUT2D eigenvalue weighted by Crippen LogP contribution is -2.28. The number of fused-ring (bicyclic) bond motifs is 11. The first-order valence-electron chi connectivity index (χ1n) is 28.2. The lowest BCUT2D eigenvalue weighted by atomic mass is 9.65. The van der Waals surface area contributed by atoms with Crippen LogP contribution in [0.25, 0.3) is 0 Å². The van der Waals surface area contributed by atoms with E-state index in [4.69, 9.17) is 0 Å². The van der Waals surface area contributed by atoms with E-state index in [1.54, 1.807) is 173 Å². The summed E-state index contributed by atoms with van der Waals surface area (Å²) in [6, 6.07) is 0. The van der Waals surface area contributed by atoms with Gasteiger partial charge in [-0.2, -0.15) is 0 Å². The molecule has 0 aromatic rings. The van der Waals surface area contributed by atoms with Crippen molar-refractivity contribution in [3.8, 4) is 0 Å². The van der Waals surface area contributed by atoms with Gasteiger partial charge in [0, 0.05) is 0 Å². The van der Waals surface area contributed by atoms with E-state index in [0.29, 0.717) is 0 Å². The third-order valence-electron chi connectivity index (χ3n) is 16.5. The first-order chi connectivity index (χ1) is 28.2. The van der Waals surface area contributed by atoms with E-state index < -0.39 is 0 Å². The Labute approximate surface area is 364 Å². The molecule has 14 saturated carbocycles. The van der Waals surface area contributed by atoms with Crippen molar-refractivity contribution >= 4 is 0 Å². The summed E-state index contributed by atoms with van der Waals surface area (Å²) in [5, 5.41) is 0. The minimum absolute atomic E-state index is 1.15. The molecule has 57 heavy (non-hydrogen) atoms. The second kappa shape index (κ2) is 35.6. The number of hydrogen-bond acceptors (Lipinski definition) is 0. The highest BCUT2D eigenvalue weighted by Gasteiger charge is 2.38. The molecule has 0 aromatic heterocycles. The fourth-order valence-corrected chi connectivity index (χ4v) is 13.2. The van der Waals surface area contributed by atoms with E-state index in [9.17, 15) is 0 Å². The summed E-state index contributed by atoms with van der Waals surface area (Å²) >= 11 is 0. The molecule has 14 aliphatic rings. The summed E-state index contributed by atoms with van der Waals surface area (Å²) < 4.78 is 0. The van der Waals surface area contributed by atoms with Gasteiger partial charge in [0.05, 0.1) is 0 Å². The van der Waals surface area contributed by atoms with Gasteiger partial charge in [0.1, 0.15) is 0 Å². The van der Waals surface area contributed by atoms with Crippen LogP contribution >= 0.6 is 0 Å². The molecule has 0 radical (unpaired) electrons. The summed E-state index contributed by atoms with van der Waals surface area (Å²) in [4.78, 5) is 0. The maximum absolute atomic E-state index is 2.00. The standard InChI is InChI=1S/3C8H14.3C7H12.6C2H6/c1-3-7-5-2-6-8(7)4-1;1-2-8-5-3-7(1)4-6-8;1-2-7-4-5-8(3-1)6-7;1-2-7-4-3-6(1)5-7;1-2-6-4-7(3-1)5-6;1-2-4-7-5-6(7)3-1;6*1-2/h3*7-8H,1-6H2;3*6-7H,1-5H2;6*1-2H3. The molecular formula is C57H114. The third-order valence-corrected chi connectivity index (χ3v) is 16.5. The van der Waals surface area contributed by atoms with E-state index >= 15 is 0 Å². The van der Waals surface area contributed by atoms with E-state index in [2.05, 4.69) is 0 Å². The topological polar surface area (TPSA) is 0 Å². The molecule has 14 rings (SSSR count). The second-order valence-corrected chi connectivity index (χ2v) is 19.6. The lowest BCUT2D eigenvalue weighted by molar-refractivity contribution is 0.116. The molecule has 14 fully saturated rings. The highest BCUT2D eigenvalue weighted by Crippen LogP contribution is 2.49. The quantitative estimate of drug-likeness (QED) is 0.229. The fraction of sp³-hybridized carbons (Fsp3) is 1.00. The van der Waals surface area contributed by atoms with Gasteiger partial charge in [-0.15, -0.1) is 0 Å². The van der Waals surface area contributed by atoms with E-state index in [1.807, 2.05) is 83.1 Å². The zero-order valence-electron chi connectivity index (χ0n) is 42.3. The molecule has 342 valence electrons. The highest BCUT2D eigenvalue weighted by atomic mass is 14.4. The van der Waals surface area contributed by atoms with E-state index in [-0.39, 0.29) is 0 Å². The molecule has 4 unspecified atom stereocenters.